The third kappa shape index (κ3) is 9.35. The van der Waals surface area contributed by atoms with E-state index in [2.05, 4.69) is 10.6 Å². The summed E-state index contributed by atoms with van der Waals surface area (Å²) in [5.74, 6) is -0.943. The zero-order valence-corrected chi connectivity index (χ0v) is 32.5. The number of aliphatic hydroxyl groups is 4. The highest BCUT2D eigenvalue weighted by Crippen LogP contribution is 2.42. The number of hydrogen-bond acceptors (Lipinski definition) is 15. The maximum atomic E-state index is 13.2. The second kappa shape index (κ2) is 18.4. The fourth-order valence-electron chi connectivity index (χ4n) is 8.35. The lowest BCUT2D eigenvalue weighted by atomic mass is 9.85. The van der Waals surface area contributed by atoms with Crippen molar-refractivity contribution in [2.75, 3.05) is 13.7 Å². The normalized spacial score (nSPS) is 38.5. The van der Waals surface area contributed by atoms with Crippen molar-refractivity contribution in [2.24, 2.45) is 11.8 Å². The van der Waals surface area contributed by atoms with Gasteiger partial charge in [-0.15, -0.1) is 0 Å². The van der Waals surface area contributed by atoms with E-state index in [-0.39, 0.29) is 32.0 Å². The molecule has 318 valence electrons. The Hall–Kier alpha value is -4.11. The lowest BCUT2D eigenvalue weighted by Crippen LogP contribution is -2.66. The van der Waals surface area contributed by atoms with E-state index < -0.39 is 117 Å². The van der Waals surface area contributed by atoms with Gasteiger partial charge in [0.25, 0.3) is 0 Å². The molecular formula is C40H53N3O15. The molecule has 1 aliphatic carbocycles. The van der Waals surface area contributed by atoms with Crippen molar-refractivity contribution in [3.8, 4) is 0 Å². The van der Waals surface area contributed by atoms with Crippen LogP contribution in [0.4, 0.5) is 14.4 Å². The lowest BCUT2D eigenvalue weighted by molar-refractivity contribution is -0.377. The summed E-state index contributed by atoms with van der Waals surface area (Å²) in [4.78, 5) is 40.2. The zero-order chi connectivity index (χ0) is 41.1. The first-order chi connectivity index (χ1) is 27.9. The number of benzene rings is 2. The van der Waals surface area contributed by atoms with E-state index >= 15 is 0 Å². The molecule has 4 saturated heterocycles. The maximum absolute atomic E-state index is 13.2. The Kier molecular flexibility index (Phi) is 13.4. The maximum Gasteiger partial charge on any atom is 0.410 e. The molecule has 3 amide bonds. The molecule has 0 spiro atoms. The molecule has 18 nitrogen and oxygen atoms in total. The van der Waals surface area contributed by atoms with Crippen LogP contribution in [0.3, 0.4) is 0 Å². The Morgan fingerprint density at radius 2 is 1.41 bits per heavy atom. The van der Waals surface area contributed by atoms with Gasteiger partial charge in [0.1, 0.15) is 37.6 Å². The van der Waals surface area contributed by atoms with Crippen LogP contribution in [0.1, 0.15) is 44.2 Å². The van der Waals surface area contributed by atoms with Crippen molar-refractivity contribution in [3.63, 3.8) is 0 Å². The molecule has 5 aliphatic rings. The Balaban J connectivity index is 1.03. The molecule has 6 N–H and O–H groups in total. The van der Waals surface area contributed by atoms with Crippen molar-refractivity contribution >= 4 is 18.3 Å². The fraction of sp³-hybridized carbons (Fsp3) is 0.625. The summed E-state index contributed by atoms with van der Waals surface area (Å²) in [5.41, 5.74) is 1.58. The molecule has 58 heavy (non-hydrogen) atoms. The summed E-state index contributed by atoms with van der Waals surface area (Å²) in [6.07, 6.45) is -13.3. The SMILES string of the molecule is CC1C[C@@H]2OC(O[C@H]3OC(CO)[C@@H](C)[C@H](O)C3O)C3C(OC(=O)N3C)C2O[C@@H]1O[C@@H]1C(NC(=O)OCc2ccccc2)C[C@@H](NC(=O)OCc2ccccc2)C[C@H]1O. The molecule has 1 saturated carbocycles. The van der Waals surface area contributed by atoms with Gasteiger partial charge in [-0.3, -0.25) is 4.90 Å². The quantitative estimate of drug-likeness (QED) is 0.177. The predicted molar refractivity (Wildman–Crippen MR) is 198 cm³/mol. The minimum absolute atomic E-state index is 0.000776. The summed E-state index contributed by atoms with van der Waals surface area (Å²) < 4.78 is 48.0. The number of nitrogens with one attached hydrogen (secondary N) is 2. The van der Waals surface area contributed by atoms with E-state index in [0.29, 0.717) is 6.42 Å². The van der Waals surface area contributed by atoms with Crippen LogP contribution < -0.4 is 10.6 Å². The average molecular weight is 816 g/mol. The topological polar surface area (TPSA) is 233 Å². The van der Waals surface area contributed by atoms with E-state index in [1.807, 2.05) is 67.6 Å². The van der Waals surface area contributed by atoms with Crippen LogP contribution in [0.25, 0.3) is 0 Å². The van der Waals surface area contributed by atoms with Crippen molar-refractivity contribution in [2.45, 2.75) is 132 Å². The van der Waals surface area contributed by atoms with Crippen LogP contribution in [0.2, 0.25) is 0 Å². The van der Waals surface area contributed by atoms with E-state index in [4.69, 9.17) is 37.9 Å². The number of fused-ring (bicyclic) bond motifs is 3. The first-order valence-corrected chi connectivity index (χ1v) is 19.7. The second-order valence-corrected chi connectivity index (χ2v) is 15.7. The summed E-state index contributed by atoms with van der Waals surface area (Å²) in [6, 6.07) is 16.0. The van der Waals surface area contributed by atoms with Crippen molar-refractivity contribution < 1.29 is 72.7 Å². The number of rotatable bonds is 11. The van der Waals surface area contributed by atoms with Crippen LogP contribution >= 0.6 is 0 Å². The van der Waals surface area contributed by atoms with E-state index in [9.17, 15) is 34.8 Å². The third-order valence-electron chi connectivity index (χ3n) is 11.6. The molecule has 18 heteroatoms. The fourth-order valence-corrected chi connectivity index (χ4v) is 8.35. The van der Waals surface area contributed by atoms with Gasteiger partial charge in [-0.25, -0.2) is 14.4 Å². The van der Waals surface area contributed by atoms with E-state index in [0.717, 1.165) is 11.1 Å². The van der Waals surface area contributed by atoms with Crippen LogP contribution in [0.15, 0.2) is 60.7 Å². The van der Waals surface area contributed by atoms with Crippen molar-refractivity contribution in [1.82, 2.24) is 15.5 Å². The highest BCUT2D eigenvalue weighted by molar-refractivity contribution is 5.71. The monoisotopic (exact) mass is 815 g/mol. The van der Waals surface area contributed by atoms with Crippen LogP contribution in [-0.2, 0) is 51.1 Å². The van der Waals surface area contributed by atoms with Gasteiger partial charge in [0.2, 0.25) is 0 Å². The highest BCUT2D eigenvalue weighted by Gasteiger charge is 2.60. The molecule has 16 atom stereocenters. The molecule has 0 bridgehead atoms. The summed E-state index contributed by atoms with van der Waals surface area (Å²) >= 11 is 0. The van der Waals surface area contributed by atoms with E-state index in [1.54, 1.807) is 6.92 Å². The van der Waals surface area contributed by atoms with Gasteiger partial charge in [-0.2, -0.15) is 0 Å². The Bertz CT molecular complexity index is 1690. The molecule has 2 aromatic carbocycles. The molecule has 4 heterocycles. The molecule has 5 fully saturated rings. The Labute approximate surface area is 335 Å². The molecule has 8 unspecified atom stereocenters. The van der Waals surface area contributed by atoms with Crippen molar-refractivity contribution in [3.05, 3.63) is 71.8 Å². The van der Waals surface area contributed by atoms with Crippen LogP contribution in [-0.4, -0.2) is 143 Å². The standard InChI is InChI=1S/C40H53N3O15/c1-20-14-27-33(34-29(43(3)40(50)57-34)36(53-27)58-37-31(47)30(46)21(2)28(17-44)54-37)56-35(20)55-32-25(42-39(49)52-19-23-12-8-5-9-13-23)15-24(16-26(32)45)41-38(48)51-18-22-10-6-4-7-11-22/h4-13,20-21,24-37,44-47H,14-19H2,1-3H3,(H,41,48)(H,42,49)/t20?,21-,24-,25?,26-,27+,28?,29?,30+,31?,32-,33?,34?,35+,36?,37-/m1/s1. The average Bonchev–Trinajstić information content (AvgIpc) is 3.52. The minimum Gasteiger partial charge on any atom is -0.445 e. The summed E-state index contributed by atoms with van der Waals surface area (Å²) in [6.45, 7) is 3.13. The first kappa shape index (κ1) is 42.0. The van der Waals surface area contributed by atoms with Gasteiger partial charge in [0.15, 0.2) is 25.0 Å². The predicted octanol–water partition coefficient (Wildman–Crippen LogP) is 1.50. The number of nitrogens with zero attached hydrogens (tertiary/aromatic N) is 1. The van der Waals surface area contributed by atoms with Crippen LogP contribution in [0, 0.1) is 11.8 Å². The van der Waals surface area contributed by atoms with Gasteiger partial charge >= 0.3 is 18.3 Å². The molecule has 2 aromatic rings. The molecule has 4 aliphatic heterocycles. The number of ether oxygens (including phenoxy) is 8. The van der Waals surface area contributed by atoms with E-state index in [1.165, 1.54) is 11.9 Å². The molecule has 0 radical (unpaired) electrons. The molecule has 7 rings (SSSR count). The minimum atomic E-state index is -1.46. The van der Waals surface area contributed by atoms with Gasteiger partial charge in [-0.1, -0.05) is 74.5 Å². The zero-order valence-electron chi connectivity index (χ0n) is 32.5. The summed E-state index contributed by atoms with van der Waals surface area (Å²) in [7, 11) is 1.51. The Morgan fingerprint density at radius 1 is 0.776 bits per heavy atom. The largest absolute Gasteiger partial charge is 0.445 e. The number of carbonyl (C=O) groups is 3. The molecular weight excluding hydrogens is 762 g/mol. The third-order valence-corrected chi connectivity index (χ3v) is 11.6. The lowest BCUT2D eigenvalue weighted by Gasteiger charge is -2.50. The number of carbonyl (C=O) groups excluding carboxylic acids is 3. The summed E-state index contributed by atoms with van der Waals surface area (Å²) in [5, 5.41) is 48.4. The van der Waals surface area contributed by atoms with Gasteiger partial charge in [-0.05, 0) is 30.4 Å². The van der Waals surface area contributed by atoms with Gasteiger partial charge in [0, 0.05) is 24.9 Å². The second-order valence-electron chi connectivity index (χ2n) is 15.7. The first-order valence-electron chi connectivity index (χ1n) is 19.7. The molecule has 0 aromatic heterocycles. The number of likely N-dealkylation sites (N-methyl/N-ethyl adjacent to an activating group) is 1. The van der Waals surface area contributed by atoms with Crippen LogP contribution in [0.5, 0.6) is 0 Å². The number of alkyl carbamates (subject to hydrolysis) is 2. The van der Waals surface area contributed by atoms with Crippen molar-refractivity contribution in [1.29, 1.82) is 0 Å². The smallest absolute Gasteiger partial charge is 0.410 e. The number of amides is 3. The van der Waals surface area contributed by atoms with Gasteiger partial charge < -0.3 is 69.0 Å². The Morgan fingerprint density at radius 3 is 2.05 bits per heavy atom. The van der Waals surface area contributed by atoms with Gasteiger partial charge in [0.05, 0.1) is 37.1 Å². The number of aliphatic hydroxyl groups excluding tert-OH is 4. The number of hydrogen-bond donors (Lipinski definition) is 6. The highest BCUT2D eigenvalue weighted by atomic mass is 16.8.